The molecule has 1 aromatic carbocycles. The van der Waals surface area contributed by atoms with Gasteiger partial charge >= 0.3 is 6.18 Å². The van der Waals surface area contributed by atoms with E-state index in [0.717, 1.165) is 18.3 Å². The summed E-state index contributed by atoms with van der Waals surface area (Å²) in [5.41, 5.74) is -0.164. The summed E-state index contributed by atoms with van der Waals surface area (Å²) in [6, 6.07) is 7.87. The second kappa shape index (κ2) is 5.44. The number of hydrogen-bond acceptors (Lipinski definition) is 4. The molecule has 0 saturated heterocycles. The van der Waals surface area contributed by atoms with Crippen molar-refractivity contribution in [1.82, 2.24) is 15.4 Å². The van der Waals surface area contributed by atoms with E-state index in [2.05, 4.69) is 4.98 Å². The first-order valence-corrected chi connectivity index (χ1v) is 6.61. The SMILES string of the molecule is O=C(NN1C(=O)c2ccccc2C1=O)c1cccnc1C(F)(F)F. The number of carbonyl (C=O) groups is 3. The fourth-order valence-electron chi connectivity index (χ4n) is 2.27. The van der Waals surface area contributed by atoms with Crippen molar-refractivity contribution in [2.75, 3.05) is 0 Å². The maximum Gasteiger partial charge on any atom is 0.434 e. The van der Waals surface area contributed by atoms with Crippen LogP contribution in [0.2, 0.25) is 0 Å². The number of benzene rings is 1. The topological polar surface area (TPSA) is 79.4 Å². The summed E-state index contributed by atoms with van der Waals surface area (Å²) in [5, 5.41) is 0.389. The number of halogens is 3. The van der Waals surface area contributed by atoms with E-state index in [1.165, 1.54) is 24.3 Å². The van der Waals surface area contributed by atoms with E-state index in [-0.39, 0.29) is 11.1 Å². The minimum Gasteiger partial charge on any atom is -0.267 e. The van der Waals surface area contributed by atoms with Gasteiger partial charge in [0.1, 0.15) is 0 Å². The molecule has 1 aliphatic rings. The van der Waals surface area contributed by atoms with Gasteiger partial charge in [-0.25, -0.2) is 0 Å². The van der Waals surface area contributed by atoms with Crippen LogP contribution in [0.5, 0.6) is 0 Å². The van der Waals surface area contributed by atoms with Crippen LogP contribution in [0, 0.1) is 0 Å². The van der Waals surface area contributed by atoms with Crippen LogP contribution in [-0.4, -0.2) is 27.7 Å². The van der Waals surface area contributed by atoms with Crippen molar-refractivity contribution in [1.29, 1.82) is 0 Å². The Morgan fingerprint density at radius 2 is 1.58 bits per heavy atom. The minimum absolute atomic E-state index is 0.0602. The van der Waals surface area contributed by atoms with Crippen molar-refractivity contribution in [2.24, 2.45) is 0 Å². The number of nitrogens with zero attached hydrogens (tertiary/aromatic N) is 2. The molecule has 3 amide bonds. The highest BCUT2D eigenvalue weighted by atomic mass is 19.4. The first-order valence-electron chi connectivity index (χ1n) is 6.61. The molecule has 1 N–H and O–H groups in total. The second-order valence-corrected chi connectivity index (χ2v) is 4.83. The van der Waals surface area contributed by atoms with Crippen LogP contribution in [0.4, 0.5) is 13.2 Å². The average Bonchev–Trinajstić information content (AvgIpc) is 2.79. The summed E-state index contributed by atoms with van der Waals surface area (Å²) in [5.74, 6) is -2.90. The molecule has 6 nitrogen and oxygen atoms in total. The Morgan fingerprint density at radius 1 is 1.00 bits per heavy atom. The number of hydrazine groups is 1. The zero-order valence-corrected chi connectivity index (χ0v) is 11.8. The van der Waals surface area contributed by atoms with Crippen LogP contribution in [0.1, 0.15) is 36.8 Å². The van der Waals surface area contributed by atoms with E-state index in [9.17, 15) is 27.6 Å². The Bertz CT molecular complexity index is 829. The Labute approximate surface area is 132 Å². The quantitative estimate of drug-likeness (QED) is 0.852. The van der Waals surface area contributed by atoms with Gasteiger partial charge in [-0.05, 0) is 24.3 Å². The van der Waals surface area contributed by atoms with Gasteiger partial charge in [-0.3, -0.25) is 24.8 Å². The number of amides is 3. The highest BCUT2D eigenvalue weighted by Gasteiger charge is 2.40. The first kappa shape index (κ1) is 15.7. The number of imide groups is 1. The summed E-state index contributed by atoms with van der Waals surface area (Å²) in [6.07, 6.45) is -3.96. The van der Waals surface area contributed by atoms with Crippen LogP contribution < -0.4 is 5.43 Å². The number of alkyl halides is 3. The number of rotatable bonds is 2. The molecule has 2 aromatic rings. The van der Waals surface area contributed by atoms with Crippen molar-refractivity contribution in [3.8, 4) is 0 Å². The predicted molar refractivity (Wildman–Crippen MR) is 73.6 cm³/mol. The molecule has 2 heterocycles. The number of pyridine rings is 1. The van der Waals surface area contributed by atoms with Crippen LogP contribution in [0.3, 0.4) is 0 Å². The fourth-order valence-corrected chi connectivity index (χ4v) is 2.27. The van der Waals surface area contributed by atoms with E-state index >= 15 is 0 Å². The Morgan fingerprint density at radius 3 is 2.12 bits per heavy atom. The van der Waals surface area contributed by atoms with E-state index in [1.807, 2.05) is 5.43 Å². The third kappa shape index (κ3) is 2.49. The van der Waals surface area contributed by atoms with Gasteiger partial charge in [0.25, 0.3) is 17.7 Å². The zero-order chi connectivity index (χ0) is 17.5. The lowest BCUT2D eigenvalue weighted by Crippen LogP contribution is -2.46. The summed E-state index contributed by atoms with van der Waals surface area (Å²) in [7, 11) is 0. The molecule has 0 bridgehead atoms. The lowest BCUT2D eigenvalue weighted by atomic mass is 10.1. The summed E-state index contributed by atoms with van der Waals surface area (Å²) < 4.78 is 38.7. The van der Waals surface area contributed by atoms with Gasteiger partial charge in [0.15, 0.2) is 5.69 Å². The van der Waals surface area contributed by atoms with Gasteiger partial charge in [-0.2, -0.15) is 18.2 Å². The molecule has 0 saturated carbocycles. The molecule has 9 heteroatoms. The van der Waals surface area contributed by atoms with E-state index in [0.29, 0.717) is 5.01 Å². The summed E-state index contributed by atoms with van der Waals surface area (Å²) in [4.78, 5) is 39.5. The van der Waals surface area contributed by atoms with Gasteiger partial charge in [-0.1, -0.05) is 12.1 Å². The normalized spacial score (nSPS) is 13.9. The molecule has 0 aliphatic carbocycles. The van der Waals surface area contributed by atoms with Crippen LogP contribution >= 0.6 is 0 Å². The zero-order valence-electron chi connectivity index (χ0n) is 11.8. The largest absolute Gasteiger partial charge is 0.434 e. The second-order valence-electron chi connectivity index (χ2n) is 4.83. The predicted octanol–water partition coefficient (Wildman–Crippen LogP) is 2.04. The van der Waals surface area contributed by atoms with Crippen molar-refractivity contribution in [2.45, 2.75) is 6.18 Å². The van der Waals surface area contributed by atoms with E-state index in [4.69, 9.17) is 0 Å². The molecule has 24 heavy (non-hydrogen) atoms. The van der Waals surface area contributed by atoms with E-state index < -0.39 is 35.2 Å². The Hall–Kier alpha value is -3.23. The summed E-state index contributed by atoms with van der Waals surface area (Å²) >= 11 is 0. The molecular weight excluding hydrogens is 327 g/mol. The highest BCUT2D eigenvalue weighted by Crippen LogP contribution is 2.30. The van der Waals surface area contributed by atoms with Crippen LogP contribution in [-0.2, 0) is 6.18 Å². The smallest absolute Gasteiger partial charge is 0.267 e. The summed E-state index contributed by atoms with van der Waals surface area (Å²) in [6.45, 7) is 0. The molecule has 0 fully saturated rings. The highest BCUT2D eigenvalue weighted by molar-refractivity contribution is 6.22. The van der Waals surface area contributed by atoms with Gasteiger partial charge in [-0.15, -0.1) is 0 Å². The maximum absolute atomic E-state index is 12.9. The lowest BCUT2D eigenvalue weighted by Gasteiger charge is -2.16. The molecule has 1 aliphatic heterocycles. The van der Waals surface area contributed by atoms with Gasteiger partial charge in [0.2, 0.25) is 0 Å². The Kier molecular flexibility index (Phi) is 3.55. The number of nitrogens with one attached hydrogen (secondary N) is 1. The van der Waals surface area contributed by atoms with Crippen LogP contribution in [0.25, 0.3) is 0 Å². The van der Waals surface area contributed by atoms with Crippen molar-refractivity contribution in [3.05, 3.63) is 65.0 Å². The molecule has 0 spiro atoms. The fraction of sp³-hybridized carbons (Fsp3) is 0.0667. The third-order valence-electron chi connectivity index (χ3n) is 3.33. The standard InChI is InChI=1S/C15H8F3N3O3/c16-15(17,18)11-10(6-3-7-19-11)12(22)20-21-13(23)8-4-1-2-5-9(8)14(21)24/h1-7H,(H,20,22). The maximum atomic E-state index is 12.9. The number of aromatic nitrogens is 1. The van der Waals surface area contributed by atoms with Gasteiger partial charge < -0.3 is 0 Å². The lowest BCUT2D eigenvalue weighted by molar-refractivity contribution is -0.141. The third-order valence-corrected chi connectivity index (χ3v) is 3.33. The molecule has 0 unspecified atom stereocenters. The van der Waals surface area contributed by atoms with Gasteiger partial charge in [0, 0.05) is 6.20 Å². The first-order chi connectivity index (χ1) is 11.3. The van der Waals surface area contributed by atoms with Crippen molar-refractivity contribution >= 4 is 17.7 Å². The average molecular weight is 335 g/mol. The Balaban J connectivity index is 1.90. The molecule has 1 aromatic heterocycles. The van der Waals surface area contributed by atoms with Crippen LogP contribution in [0.15, 0.2) is 42.6 Å². The van der Waals surface area contributed by atoms with E-state index in [1.54, 1.807) is 0 Å². The number of fused-ring (bicyclic) bond motifs is 1. The molecular formula is C15H8F3N3O3. The number of hydrogen-bond donors (Lipinski definition) is 1. The molecule has 0 atom stereocenters. The molecule has 3 rings (SSSR count). The number of carbonyl (C=O) groups excluding carboxylic acids is 3. The molecule has 122 valence electrons. The van der Waals surface area contributed by atoms with Crippen molar-refractivity contribution in [3.63, 3.8) is 0 Å². The van der Waals surface area contributed by atoms with Crippen molar-refractivity contribution < 1.29 is 27.6 Å². The molecule has 0 radical (unpaired) electrons. The minimum atomic E-state index is -4.85. The monoisotopic (exact) mass is 335 g/mol. The van der Waals surface area contributed by atoms with Gasteiger partial charge in [0.05, 0.1) is 16.7 Å².